The second-order valence-corrected chi connectivity index (χ2v) is 6.24. The molecule has 0 radical (unpaired) electrons. The zero-order chi connectivity index (χ0) is 16.2. The molecule has 0 bridgehead atoms. The Morgan fingerprint density at radius 1 is 1.43 bits per heavy atom. The maximum atomic E-state index is 6.00. The maximum Gasteiger partial charge on any atom is 0.124 e. The van der Waals surface area contributed by atoms with E-state index in [0.717, 1.165) is 43.1 Å². The quantitative estimate of drug-likeness (QED) is 0.881. The van der Waals surface area contributed by atoms with Crippen LogP contribution in [0.2, 0.25) is 5.02 Å². The first-order valence-corrected chi connectivity index (χ1v) is 8.19. The molecular formula is C17H22ClN3O2. The van der Waals surface area contributed by atoms with Gasteiger partial charge in [0.25, 0.3) is 0 Å². The molecule has 1 aliphatic heterocycles. The van der Waals surface area contributed by atoms with Crippen LogP contribution in [0.1, 0.15) is 23.8 Å². The van der Waals surface area contributed by atoms with Crippen molar-refractivity contribution in [3.05, 3.63) is 46.7 Å². The van der Waals surface area contributed by atoms with E-state index in [4.69, 9.17) is 21.1 Å². The van der Waals surface area contributed by atoms with E-state index in [0.29, 0.717) is 10.9 Å². The van der Waals surface area contributed by atoms with Gasteiger partial charge in [0.05, 0.1) is 12.8 Å². The molecule has 1 aromatic carbocycles. The van der Waals surface area contributed by atoms with Crippen molar-refractivity contribution in [3.8, 4) is 5.75 Å². The molecule has 0 aliphatic carbocycles. The van der Waals surface area contributed by atoms with E-state index in [1.807, 2.05) is 42.2 Å². The maximum absolute atomic E-state index is 6.00. The van der Waals surface area contributed by atoms with Crippen LogP contribution in [-0.2, 0) is 18.3 Å². The number of rotatable bonds is 6. The third kappa shape index (κ3) is 3.68. The molecule has 0 spiro atoms. The number of halogens is 1. The lowest BCUT2D eigenvalue weighted by atomic mass is 9.99. The number of aromatic nitrogens is 2. The summed E-state index contributed by atoms with van der Waals surface area (Å²) in [5.74, 6) is 1.26. The number of nitrogens with one attached hydrogen (secondary N) is 1. The third-order valence-corrected chi connectivity index (χ3v) is 4.57. The second-order valence-electron chi connectivity index (χ2n) is 5.81. The largest absolute Gasteiger partial charge is 0.496 e. The first-order chi connectivity index (χ1) is 11.2. The Labute approximate surface area is 141 Å². The summed E-state index contributed by atoms with van der Waals surface area (Å²) in [6, 6.07) is 7.76. The topological polar surface area (TPSA) is 48.3 Å². The van der Waals surface area contributed by atoms with Crippen molar-refractivity contribution in [3.63, 3.8) is 0 Å². The fraction of sp³-hybridized carbons (Fsp3) is 0.471. The highest BCUT2D eigenvalue weighted by atomic mass is 35.5. The summed E-state index contributed by atoms with van der Waals surface area (Å²) in [7, 11) is 3.62. The summed E-state index contributed by atoms with van der Waals surface area (Å²) in [6.07, 6.45) is 2.99. The molecule has 2 heterocycles. The number of hydrogen-bond donors (Lipinski definition) is 1. The zero-order valence-corrected chi connectivity index (χ0v) is 14.2. The SMILES string of the molecule is COc1cc(Cl)ccc1CNC[C@@H]1CCO[C@H]1c1ccnn1C. The molecule has 1 fully saturated rings. The average Bonchev–Trinajstić information content (AvgIpc) is 3.17. The highest BCUT2D eigenvalue weighted by molar-refractivity contribution is 6.30. The number of benzene rings is 1. The van der Waals surface area contributed by atoms with Crippen LogP contribution in [0.4, 0.5) is 0 Å². The lowest BCUT2D eigenvalue weighted by Crippen LogP contribution is -2.25. The van der Waals surface area contributed by atoms with Gasteiger partial charge < -0.3 is 14.8 Å². The van der Waals surface area contributed by atoms with Crippen LogP contribution in [0.3, 0.4) is 0 Å². The molecule has 1 saturated heterocycles. The molecule has 0 unspecified atom stereocenters. The highest BCUT2D eigenvalue weighted by Crippen LogP contribution is 2.33. The Morgan fingerprint density at radius 3 is 3.04 bits per heavy atom. The van der Waals surface area contributed by atoms with Gasteiger partial charge in [0.1, 0.15) is 11.9 Å². The Kier molecular flexibility index (Phi) is 5.20. The lowest BCUT2D eigenvalue weighted by molar-refractivity contribution is 0.0838. The van der Waals surface area contributed by atoms with Gasteiger partial charge in [-0.15, -0.1) is 0 Å². The van der Waals surface area contributed by atoms with Gasteiger partial charge in [-0.05, 0) is 24.6 Å². The Morgan fingerprint density at radius 2 is 2.30 bits per heavy atom. The minimum Gasteiger partial charge on any atom is -0.496 e. The number of nitrogens with zero attached hydrogens (tertiary/aromatic N) is 2. The predicted octanol–water partition coefficient (Wildman–Crippen LogP) is 2.95. The van der Waals surface area contributed by atoms with Crippen molar-refractivity contribution in [2.24, 2.45) is 13.0 Å². The van der Waals surface area contributed by atoms with Crippen molar-refractivity contribution < 1.29 is 9.47 Å². The predicted molar refractivity (Wildman–Crippen MR) is 89.7 cm³/mol. The summed E-state index contributed by atoms with van der Waals surface area (Å²) in [4.78, 5) is 0. The molecule has 2 atom stereocenters. The van der Waals surface area contributed by atoms with Gasteiger partial charge in [0.15, 0.2) is 0 Å². The lowest BCUT2D eigenvalue weighted by Gasteiger charge is -2.19. The van der Waals surface area contributed by atoms with Crippen molar-refractivity contribution in [2.45, 2.75) is 19.1 Å². The smallest absolute Gasteiger partial charge is 0.124 e. The van der Waals surface area contributed by atoms with Crippen molar-refractivity contribution in [1.29, 1.82) is 0 Å². The van der Waals surface area contributed by atoms with Gasteiger partial charge in [-0.1, -0.05) is 17.7 Å². The van der Waals surface area contributed by atoms with Gasteiger partial charge in [-0.25, -0.2) is 0 Å². The van der Waals surface area contributed by atoms with Crippen LogP contribution in [0.5, 0.6) is 5.75 Å². The van der Waals surface area contributed by atoms with E-state index in [2.05, 4.69) is 10.4 Å². The van der Waals surface area contributed by atoms with Gasteiger partial charge in [-0.2, -0.15) is 5.10 Å². The van der Waals surface area contributed by atoms with E-state index >= 15 is 0 Å². The minimum absolute atomic E-state index is 0.113. The van der Waals surface area contributed by atoms with Crippen molar-refractivity contribution >= 4 is 11.6 Å². The molecule has 0 amide bonds. The Balaban J connectivity index is 1.59. The molecule has 1 N–H and O–H groups in total. The van der Waals surface area contributed by atoms with Gasteiger partial charge in [0, 0.05) is 49.4 Å². The Bertz CT molecular complexity index is 659. The van der Waals surface area contributed by atoms with Crippen LogP contribution >= 0.6 is 11.6 Å². The number of methoxy groups -OCH3 is 1. The molecule has 23 heavy (non-hydrogen) atoms. The average molecular weight is 336 g/mol. The molecule has 1 aliphatic rings. The van der Waals surface area contributed by atoms with E-state index < -0.39 is 0 Å². The van der Waals surface area contributed by atoms with Gasteiger partial charge in [0.2, 0.25) is 0 Å². The fourth-order valence-electron chi connectivity index (χ4n) is 3.09. The molecule has 2 aromatic rings. The van der Waals surface area contributed by atoms with Crippen LogP contribution in [0.25, 0.3) is 0 Å². The molecule has 0 saturated carbocycles. The molecule has 6 heteroatoms. The van der Waals surface area contributed by atoms with Crippen LogP contribution in [0, 0.1) is 5.92 Å². The fourth-order valence-corrected chi connectivity index (χ4v) is 3.25. The van der Waals surface area contributed by atoms with E-state index in [1.165, 1.54) is 0 Å². The van der Waals surface area contributed by atoms with E-state index in [9.17, 15) is 0 Å². The van der Waals surface area contributed by atoms with Gasteiger partial charge >= 0.3 is 0 Å². The molecule has 3 rings (SSSR count). The summed E-state index contributed by atoms with van der Waals surface area (Å²) in [5.41, 5.74) is 2.24. The molecule has 5 nitrogen and oxygen atoms in total. The summed E-state index contributed by atoms with van der Waals surface area (Å²) in [5, 5.41) is 8.44. The first-order valence-electron chi connectivity index (χ1n) is 7.81. The van der Waals surface area contributed by atoms with Crippen molar-refractivity contribution in [2.75, 3.05) is 20.3 Å². The molecule has 124 valence electrons. The molecule has 1 aromatic heterocycles. The van der Waals surface area contributed by atoms with E-state index in [-0.39, 0.29) is 6.10 Å². The molecular weight excluding hydrogens is 314 g/mol. The zero-order valence-electron chi connectivity index (χ0n) is 13.5. The summed E-state index contributed by atoms with van der Waals surface area (Å²) in [6.45, 7) is 2.43. The standard InChI is InChI=1S/C17H22ClN3O2/c1-21-15(5-7-20-21)17-13(6-8-23-17)11-19-10-12-3-4-14(18)9-16(12)22-2/h3-5,7,9,13,17,19H,6,8,10-11H2,1-2H3/t13-,17+/m0/s1. The monoisotopic (exact) mass is 335 g/mol. The third-order valence-electron chi connectivity index (χ3n) is 4.34. The normalized spacial score (nSPS) is 20.8. The summed E-state index contributed by atoms with van der Waals surface area (Å²) < 4.78 is 13.2. The van der Waals surface area contributed by atoms with E-state index in [1.54, 1.807) is 7.11 Å². The van der Waals surface area contributed by atoms with Gasteiger partial charge in [-0.3, -0.25) is 4.68 Å². The number of aryl methyl sites for hydroxylation is 1. The summed E-state index contributed by atoms with van der Waals surface area (Å²) >= 11 is 6.00. The number of ether oxygens (including phenoxy) is 2. The van der Waals surface area contributed by atoms with Crippen LogP contribution < -0.4 is 10.1 Å². The van der Waals surface area contributed by atoms with Crippen molar-refractivity contribution in [1.82, 2.24) is 15.1 Å². The minimum atomic E-state index is 0.113. The van der Waals surface area contributed by atoms with Crippen LogP contribution in [-0.4, -0.2) is 30.0 Å². The first kappa shape index (κ1) is 16.3. The second kappa shape index (κ2) is 7.34. The van der Waals surface area contributed by atoms with Crippen LogP contribution in [0.15, 0.2) is 30.5 Å². The Hall–Kier alpha value is -1.56. The highest BCUT2D eigenvalue weighted by Gasteiger charge is 2.31. The number of hydrogen-bond acceptors (Lipinski definition) is 4.